The zero-order chi connectivity index (χ0) is 31.2. The van der Waals surface area contributed by atoms with E-state index in [1.165, 1.54) is 21.0 Å². The number of carbonyl (C=O) groups is 2. The van der Waals surface area contributed by atoms with Crippen molar-refractivity contribution < 1.29 is 43.9 Å². The van der Waals surface area contributed by atoms with Crippen molar-refractivity contribution in [1.29, 1.82) is 0 Å². The zero-order valence-corrected chi connectivity index (χ0v) is 26.8. The number of rotatable bonds is 16. The molecule has 0 bridgehead atoms. The van der Waals surface area contributed by atoms with Gasteiger partial charge in [0.1, 0.15) is 24.1 Å². The van der Waals surface area contributed by atoms with E-state index < -0.39 is 65.6 Å². The van der Waals surface area contributed by atoms with Crippen molar-refractivity contribution in [3.63, 3.8) is 0 Å². The van der Waals surface area contributed by atoms with Gasteiger partial charge in [0.15, 0.2) is 6.29 Å². The van der Waals surface area contributed by atoms with Crippen LogP contribution in [0.1, 0.15) is 81.6 Å². The van der Waals surface area contributed by atoms with Crippen LogP contribution in [0.2, 0.25) is 0 Å². The van der Waals surface area contributed by atoms with E-state index >= 15 is 0 Å². The monoisotopic (exact) mass is 575 g/mol. The van der Waals surface area contributed by atoms with E-state index in [0.29, 0.717) is 19.3 Å². The number of esters is 1. The maximum Gasteiger partial charge on any atom is 0.311 e. The molecule has 1 heterocycles. The number of aliphatic hydroxyl groups excluding tert-OH is 2. The van der Waals surface area contributed by atoms with Crippen molar-refractivity contribution in [3.05, 3.63) is 0 Å². The Hall–Kier alpha value is -1.14. The van der Waals surface area contributed by atoms with Gasteiger partial charge in [-0.3, -0.25) is 4.79 Å². The number of nitrogens with zero attached hydrogens (tertiary/aromatic N) is 1. The summed E-state index contributed by atoms with van der Waals surface area (Å²) in [6, 6.07) is -0.165. The van der Waals surface area contributed by atoms with Gasteiger partial charge < -0.3 is 44.0 Å². The zero-order valence-electron chi connectivity index (χ0n) is 26.8. The summed E-state index contributed by atoms with van der Waals surface area (Å²) in [5.74, 6) is -1.96. The quantitative estimate of drug-likeness (QED) is 0.186. The van der Waals surface area contributed by atoms with Gasteiger partial charge in [-0.15, -0.1) is 0 Å². The third-order valence-corrected chi connectivity index (χ3v) is 8.67. The van der Waals surface area contributed by atoms with Gasteiger partial charge in [0.2, 0.25) is 0 Å². The van der Waals surface area contributed by atoms with Crippen LogP contribution in [0.3, 0.4) is 0 Å². The Morgan fingerprint density at radius 2 is 1.75 bits per heavy atom. The summed E-state index contributed by atoms with van der Waals surface area (Å²) >= 11 is 0. The van der Waals surface area contributed by atoms with Crippen LogP contribution >= 0.6 is 0 Å². The smallest absolute Gasteiger partial charge is 0.311 e. The van der Waals surface area contributed by atoms with E-state index in [1.54, 1.807) is 13.8 Å². The fourth-order valence-electron chi connectivity index (χ4n) is 6.13. The highest BCUT2D eigenvalue weighted by molar-refractivity contribution is 5.73. The molecule has 1 fully saturated rings. The molecule has 10 heteroatoms. The largest absolute Gasteiger partial charge is 0.459 e. The van der Waals surface area contributed by atoms with Crippen molar-refractivity contribution in [2.24, 2.45) is 23.2 Å². The Balaban J connectivity index is 3.35. The Morgan fingerprint density at radius 1 is 1.18 bits per heavy atom. The first-order valence-corrected chi connectivity index (χ1v) is 14.6. The van der Waals surface area contributed by atoms with Crippen LogP contribution in [0.5, 0.6) is 0 Å². The molecule has 0 amide bonds. The molecule has 1 rings (SSSR count). The lowest BCUT2D eigenvalue weighted by Crippen LogP contribution is -2.57. The third kappa shape index (κ3) is 9.18. The predicted octanol–water partition coefficient (Wildman–Crippen LogP) is 2.79. The molecule has 10 nitrogen and oxygen atoms in total. The Bertz CT molecular complexity index is 787. The fraction of sp³-hybridized carbons (Fsp3) is 0.933. The molecule has 4 unspecified atom stereocenters. The van der Waals surface area contributed by atoms with Gasteiger partial charge in [-0.1, -0.05) is 34.6 Å². The molecular weight excluding hydrogens is 518 g/mol. The standard InChI is InChI=1S/C30H57NO9/c1-13-23(30(9,36)21(6)33)39-27(35)20(5)25(37-12)19(4)26(29(7,8)15-17(2)16-32)40-28-24(34)22(31(10)11)14-18(3)38-28/h16-26,28,33-34,36H,13-15H2,1-12H3/t17-,18?,19+,20?,21-,22?,23-,24-,25+,26-,28?,30+/m1/s1. The van der Waals surface area contributed by atoms with E-state index in [1.807, 2.05) is 53.6 Å². The summed E-state index contributed by atoms with van der Waals surface area (Å²) < 4.78 is 24.3. The molecule has 0 aliphatic carbocycles. The van der Waals surface area contributed by atoms with E-state index in [2.05, 4.69) is 0 Å². The van der Waals surface area contributed by atoms with Gasteiger partial charge in [-0.2, -0.15) is 0 Å². The molecule has 1 aliphatic rings. The van der Waals surface area contributed by atoms with Gasteiger partial charge in [0.25, 0.3) is 0 Å². The highest BCUT2D eigenvalue weighted by Crippen LogP contribution is 2.40. The average molecular weight is 576 g/mol. The Kier molecular flexibility index (Phi) is 14.2. The van der Waals surface area contributed by atoms with E-state index in [0.717, 1.165) is 6.29 Å². The van der Waals surface area contributed by atoms with Gasteiger partial charge in [0.05, 0.1) is 30.3 Å². The maximum absolute atomic E-state index is 13.3. The first-order valence-electron chi connectivity index (χ1n) is 14.6. The Morgan fingerprint density at radius 3 is 2.20 bits per heavy atom. The highest BCUT2D eigenvalue weighted by atomic mass is 16.7. The molecule has 1 saturated heterocycles. The van der Waals surface area contributed by atoms with Crippen molar-refractivity contribution in [1.82, 2.24) is 4.90 Å². The molecule has 1 aliphatic heterocycles. The van der Waals surface area contributed by atoms with Crippen molar-refractivity contribution in [2.75, 3.05) is 21.2 Å². The van der Waals surface area contributed by atoms with Crippen LogP contribution in [0.15, 0.2) is 0 Å². The number of aldehydes is 1. The van der Waals surface area contributed by atoms with Crippen LogP contribution in [0.25, 0.3) is 0 Å². The van der Waals surface area contributed by atoms with Crippen LogP contribution in [-0.2, 0) is 28.5 Å². The normalized spacial score (nSPS) is 29.0. The van der Waals surface area contributed by atoms with E-state index in [4.69, 9.17) is 18.9 Å². The fourth-order valence-corrected chi connectivity index (χ4v) is 6.13. The summed E-state index contributed by atoms with van der Waals surface area (Å²) in [5.41, 5.74) is -2.19. The number of methoxy groups -OCH3 is 1. The number of hydrogen-bond donors (Lipinski definition) is 3. The maximum atomic E-state index is 13.3. The molecule has 0 saturated carbocycles. The lowest BCUT2D eigenvalue weighted by molar-refractivity contribution is -0.291. The molecule has 0 radical (unpaired) electrons. The number of likely N-dealkylation sites (N-methyl/N-ethyl adjacent to an activating group) is 1. The third-order valence-electron chi connectivity index (χ3n) is 8.67. The molecule has 0 aromatic heterocycles. The van der Waals surface area contributed by atoms with Crippen LogP contribution in [0, 0.1) is 23.2 Å². The topological polar surface area (TPSA) is 135 Å². The number of aliphatic hydroxyl groups is 3. The number of hydrogen-bond acceptors (Lipinski definition) is 10. The summed E-state index contributed by atoms with van der Waals surface area (Å²) in [4.78, 5) is 26.9. The van der Waals surface area contributed by atoms with E-state index in [-0.39, 0.29) is 18.1 Å². The van der Waals surface area contributed by atoms with Crippen molar-refractivity contribution in [2.45, 2.75) is 136 Å². The Labute approximate surface area is 241 Å². The van der Waals surface area contributed by atoms with Gasteiger partial charge in [-0.05, 0) is 66.5 Å². The number of ether oxygens (including phenoxy) is 4. The molecule has 0 aromatic rings. The van der Waals surface area contributed by atoms with Gasteiger partial charge in [0, 0.05) is 25.0 Å². The lowest BCUT2D eigenvalue weighted by Gasteiger charge is -2.47. The van der Waals surface area contributed by atoms with Gasteiger partial charge >= 0.3 is 5.97 Å². The summed E-state index contributed by atoms with van der Waals surface area (Å²) in [6.07, 6.45) is -2.85. The van der Waals surface area contributed by atoms with Crippen molar-refractivity contribution >= 4 is 12.3 Å². The minimum absolute atomic E-state index is 0.145. The second-order valence-corrected chi connectivity index (χ2v) is 13.0. The predicted molar refractivity (Wildman–Crippen MR) is 153 cm³/mol. The van der Waals surface area contributed by atoms with Crippen molar-refractivity contribution in [3.8, 4) is 0 Å². The molecule has 0 aromatic carbocycles. The summed E-state index contributed by atoms with van der Waals surface area (Å²) in [5, 5.41) is 32.0. The molecule has 40 heavy (non-hydrogen) atoms. The minimum Gasteiger partial charge on any atom is -0.459 e. The molecule has 3 N–H and O–H groups in total. The van der Waals surface area contributed by atoms with Crippen LogP contribution in [0.4, 0.5) is 0 Å². The van der Waals surface area contributed by atoms with Gasteiger partial charge in [-0.25, -0.2) is 0 Å². The first kappa shape index (κ1) is 36.9. The molecular formula is C30H57NO9. The summed E-state index contributed by atoms with van der Waals surface area (Å²) in [7, 11) is 5.33. The second kappa shape index (κ2) is 15.4. The first-order chi connectivity index (χ1) is 18.3. The average Bonchev–Trinajstić information content (AvgIpc) is 2.86. The van der Waals surface area contributed by atoms with E-state index in [9.17, 15) is 24.9 Å². The molecule has 12 atom stereocenters. The minimum atomic E-state index is -1.62. The second-order valence-electron chi connectivity index (χ2n) is 13.0. The lowest BCUT2D eigenvalue weighted by atomic mass is 9.71. The SMILES string of the molecule is CC[C@@H](OC(=O)C(C)[C@@H](OC)[C@H](C)[C@@H](OC1OC(C)CC(N(C)C)[C@H]1O)C(C)(C)C[C@@H](C)C=O)[C@@](C)(O)[C@@H](C)O. The van der Waals surface area contributed by atoms with Crippen LogP contribution < -0.4 is 0 Å². The molecule has 0 spiro atoms. The van der Waals surface area contributed by atoms with Crippen LogP contribution in [-0.4, -0.2) is 108 Å². The highest BCUT2D eigenvalue weighted by Gasteiger charge is 2.47. The summed E-state index contributed by atoms with van der Waals surface area (Å²) in [6.45, 7) is 16.1. The number of carbonyl (C=O) groups excluding carboxylic acids is 2. The molecule has 236 valence electrons.